The van der Waals surface area contributed by atoms with E-state index in [1.807, 2.05) is 11.8 Å². The monoisotopic (exact) mass is 506 g/mol. The summed E-state index contributed by atoms with van der Waals surface area (Å²) in [5.74, 6) is 0.993. The molecule has 0 spiro atoms. The minimum atomic E-state index is 0. The number of hydrogen-bond donors (Lipinski definition) is 1. The van der Waals surface area contributed by atoms with Crippen LogP contribution in [0, 0.1) is 0 Å². The van der Waals surface area contributed by atoms with E-state index < -0.39 is 0 Å². The van der Waals surface area contributed by atoms with Crippen LogP contribution in [0.1, 0.15) is 90.9 Å². The lowest BCUT2D eigenvalue weighted by Gasteiger charge is -2.23. The minimum Gasteiger partial charge on any atom is -0.362 e. The lowest BCUT2D eigenvalue weighted by atomic mass is 10.1. The van der Waals surface area contributed by atoms with Crippen LogP contribution < -0.4 is 5.32 Å². The first kappa shape index (κ1) is 27.2. The van der Waals surface area contributed by atoms with E-state index in [0.29, 0.717) is 12.1 Å². The molecule has 0 unspecified atom stereocenters. The number of nitrogens with one attached hydrogen (secondary N) is 1. The van der Waals surface area contributed by atoms with Crippen LogP contribution in [0.2, 0.25) is 0 Å². The lowest BCUT2D eigenvalue weighted by Crippen LogP contribution is -2.34. The molecule has 178 valence electrons. The third-order valence-corrected chi connectivity index (χ3v) is 8.33. The van der Waals surface area contributed by atoms with Crippen molar-refractivity contribution in [3.05, 3.63) is 11.1 Å². The van der Waals surface area contributed by atoms with Crippen LogP contribution in [0.5, 0.6) is 0 Å². The van der Waals surface area contributed by atoms with Crippen molar-refractivity contribution in [2.75, 3.05) is 12.3 Å². The molecule has 4 nitrogen and oxygen atoms in total. The predicted octanol–water partition coefficient (Wildman–Crippen LogP) is 6.99. The van der Waals surface area contributed by atoms with Gasteiger partial charge >= 0.3 is 0 Å². The molecule has 0 amide bonds. The molecule has 2 fully saturated rings. The van der Waals surface area contributed by atoms with Crippen LogP contribution in [0.4, 0.5) is 0 Å². The van der Waals surface area contributed by atoms with Crippen molar-refractivity contribution in [3.8, 4) is 0 Å². The molecule has 4 rings (SSSR count). The number of thioether (sulfide) groups is 2. The van der Waals surface area contributed by atoms with Crippen LogP contribution in [-0.2, 0) is 0 Å². The second-order valence-electron chi connectivity index (χ2n) is 9.72. The Bertz CT molecular complexity index is 650. The zero-order chi connectivity index (χ0) is 20.1. The van der Waals surface area contributed by atoms with E-state index in [1.165, 1.54) is 93.1 Å². The maximum atomic E-state index is 5.28. The van der Waals surface area contributed by atoms with Crippen molar-refractivity contribution in [3.63, 3.8) is 0 Å². The molecule has 0 aromatic carbocycles. The Labute approximate surface area is 210 Å². The Morgan fingerprint density at radius 3 is 2.32 bits per heavy atom. The summed E-state index contributed by atoms with van der Waals surface area (Å²) in [6, 6.07) is 1.14. The minimum absolute atomic E-state index is 0. The molecular formula is C23H40Cl2N4S2. The van der Waals surface area contributed by atoms with Gasteiger partial charge in [0, 0.05) is 24.0 Å². The predicted molar refractivity (Wildman–Crippen MR) is 144 cm³/mol. The van der Waals surface area contributed by atoms with Crippen LogP contribution in [0.15, 0.2) is 21.1 Å². The molecule has 2 saturated carbocycles. The van der Waals surface area contributed by atoms with E-state index in [0.717, 1.165) is 12.3 Å². The van der Waals surface area contributed by atoms with Crippen molar-refractivity contribution in [2.45, 2.75) is 109 Å². The number of nitrogens with zero attached hydrogens (tertiary/aromatic N) is 3. The largest absolute Gasteiger partial charge is 0.362 e. The van der Waals surface area contributed by atoms with Gasteiger partial charge in [-0.2, -0.15) is 0 Å². The van der Waals surface area contributed by atoms with Crippen LogP contribution in [0.3, 0.4) is 0 Å². The van der Waals surface area contributed by atoms with Crippen molar-refractivity contribution < 1.29 is 0 Å². The summed E-state index contributed by atoms with van der Waals surface area (Å²) in [6.45, 7) is 5.47. The molecule has 0 bridgehead atoms. The quantitative estimate of drug-likeness (QED) is 0.253. The second-order valence-corrected chi connectivity index (χ2v) is 11.5. The third-order valence-electron chi connectivity index (χ3n) is 6.49. The smallest absolute Gasteiger partial charge is 0.168 e. The zero-order valence-corrected chi connectivity index (χ0v) is 22.4. The molecule has 2 aliphatic heterocycles. The summed E-state index contributed by atoms with van der Waals surface area (Å²) in [4.78, 5) is 12.6. The molecule has 2 heterocycles. The summed E-state index contributed by atoms with van der Waals surface area (Å²) < 4.78 is 0. The number of rotatable bonds is 4. The highest BCUT2D eigenvalue weighted by molar-refractivity contribution is 8.17. The van der Waals surface area contributed by atoms with Gasteiger partial charge in [-0.05, 0) is 44.9 Å². The molecule has 8 heteroatoms. The Morgan fingerprint density at radius 2 is 1.68 bits per heavy atom. The Balaban J connectivity index is 0.00000171. The van der Waals surface area contributed by atoms with Crippen molar-refractivity contribution >= 4 is 58.7 Å². The number of aliphatic imine (C=N–C) groups is 2. The van der Waals surface area contributed by atoms with Gasteiger partial charge in [-0.15, -0.1) is 24.8 Å². The second kappa shape index (κ2) is 13.0. The van der Waals surface area contributed by atoms with Crippen LogP contribution >= 0.6 is 48.3 Å². The summed E-state index contributed by atoms with van der Waals surface area (Å²) >= 11 is 3.72. The fraction of sp³-hybridized carbons (Fsp3) is 0.826. The molecule has 0 aromatic rings. The van der Waals surface area contributed by atoms with Crippen molar-refractivity contribution in [2.24, 2.45) is 9.98 Å². The van der Waals surface area contributed by atoms with Gasteiger partial charge in [0.25, 0.3) is 0 Å². The SMILES string of the molecule is CC1(C)CN2C(CSC(=NC3CCCCCC3)NC3CCCCCC3)=CSC2=N1.Cl.Cl. The molecule has 0 atom stereocenters. The highest BCUT2D eigenvalue weighted by Gasteiger charge is 2.36. The van der Waals surface area contributed by atoms with Gasteiger partial charge in [0.15, 0.2) is 10.3 Å². The van der Waals surface area contributed by atoms with Gasteiger partial charge < -0.3 is 10.2 Å². The molecule has 4 aliphatic rings. The van der Waals surface area contributed by atoms with E-state index in [1.54, 1.807) is 11.8 Å². The maximum absolute atomic E-state index is 5.28. The molecular weight excluding hydrogens is 467 g/mol. The lowest BCUT2D eigenvalue weighted by molar-refractivity contribution is 0.436. The molecule has 1 N–H and O–H groups in total. The highest BCUT2D eigenvalue weighted by Crippen LogP contribution is 2.36. The molecule has 2 aliphatic carbocycles. The van der Waals surface area contributed by atoms with Crippen molar-refractivity contribution in [1.82, 2.24) is 10.2 Å². The fourth-order valence-electron chi connectivity index (χ4n) is 4.83. The van der Waals surface area contributed by atoms with Crippen LogP contribution in [-0.4, -0.2) is 45.2 Å². The standard InChI is InChI=1S/C23H38N4S2.2ClH/c1-23(2)17-27-20(16-29-22(27)26-23)15-28-21(24-18-11-7-3-4-8-12-18)25-19-13-9-5-6-10-14-19;;/h16,18-19H,3-15,17H2,1-2H3,(H,24,25);2*1H. The van der Waals surface area contributed by atoms with E-state index in [-0.39, 0.29) is 30.4 Å². The number of amidine groups is 2. The van der Waals surface area contributed by atoms with Crippen molar-refractivity contribution in [1.29, 1.82) is 0 Å². The number of halogens is 2. The van der Waals surface area contributed by atoms with Gasteiger partial charge in [0.1, 0.15) is 0 Å². The van der Waals surface area contributed by atoms with E-state index in [9.17, 15) is 0 Å². The average molecular weight is 508 g/mol. The van der Waals surface area contributed by atoms with Gasteiger partial charge in [-0.25, -0.2) is 0 Å². The first-order chi connectivity index (χ1) is 14.1. The topological polar surface area (TPSA) is 40.0 Å². The van der Waals surface area contributed by atoms with Gasteiger partial charge in [-0.3, -0.25) is 9.98 Å². The van der Waals surface area contributed by atoms with Gasteiger partial charge in [0.05, 0.1) is 11.6 Å². The van der Waals surface area contributed by atoms with E-state index in [4.69, 9.17) is 9.98 Å². The first-order valence-corrected chi connectivity index (χ1v) is 13.7. The first-order valence-electron chi connectivity index (χ1n) is 11.8. The normalized spacial score (nSPS) is 24.8. The van der Waals surface area contributed by atoms with E-state index in [2.05, 4.69) is 29.5 Å². The average Bonchev–Trinajstić information content (AvgIpc) is 2.96. The van der Waals surface area contributed by atoms with E-state index >= 15 is 0 Å². The molecule has 31 heavy (non-hydrogen) atoms. The summed E-state index contributed by atoms with van der Waals surface area (Å²) in [5.41, 5.74) is 1.45. The van der Waals surface area contributed by atoms with Crippen LogP contribution in [0.25, 0.3) is 0 Å². The summed E-state index contributed by atoms with van der Waals surface area (Å²) in [6.07, 6.45) is 16.2. The Kier molecular flexibility index (Phi) is 11.4. The Hall–Kier alpha value is -0.0400. The number of hydrogen-bond acceptors (Lipinski definition) is 5. The Morgan fingerprint density at radius 1 is 1.06 bits per heavy atom. The fourth-order valence-corrected chi connectivity index (χ4v) is 6.99. The summed E-state index contributed by atoms with van der Waals surface area (Å²) in [7, 11) is 0. The summed E-state index contributed by atoms with van der Waals surface area (Å²) in [5, 5.41) is 8.59. The molecule has 0 radical (unpaired) electrons. The third kappa shape index (κ3) is 8.04. The van der Waals surface area contributed by atoms with Gasteiger partial charge in [-0.1, -0.05) is 74.9 Å². The molecule has 0 aromatic heterocycles. The van der Waals surface area contributed by atoms with Gasteiger partial charge in [0.2, 0.25) is 0 Å². The zero-order valence-electron chi connectivity index (χ0n) is 19.1. The molecule has 0 saturated heterocycles. The number of fused-ring (bicyclic) bond motifs is 1. The highest BCUT2D eigenvalue weighted by atomic mass is 35.5. The maximum Gasteiger partial charge on any atom is 0.168 e.